The molecule has 0 fully saturated rings. The molecule has 1 rings (SSSR count). The summed E-state index contributed by atoms with van der Waals surface area (Å²) < 4.78 is 0. The minimum Gasteiger partial charge on any atom is -0.291 e. The van der Waals surface area contributed by atoms with Crippen LogP contribution in [0, 0.1) is 0 Å². The Hall–Kier alpha value is -0.330. The maximum Gasteiger partial charge on any atom is 0.0470 e. The van der Waals surface area contributed by atoms with E-state index >= 15 is 0 Å². The minimum atomic E-state index is 0.603. The van der Waals surface area contributed by atoms with Crippen molar-refractivity contribution in [3.05, 3.63) is 0 Å². The van der Waals surface area contributed by atoms with E-state index in [-0.39, 0.29) is 0 Å². The molecule has 0 saturated carbocycles. The standard InChI is InChI=1S/C21H41N/c1-3-4-5-6-7-8-9-10-11-12-13-14-15-18-21-19-16-17-20(2)22-21/h20H,3-19H2,1-2H3. The van der Waals surface area contributed by atoms with Crippen LogP contribution in [0.15, 0.2) is 4.99 Å². The van der Waals surface area contributed by atoms with Crippen LogP contribution in [0.25, 0.3) is 0 Å². The van der Waals surface area contributed by atoms with Crippen LogP contribution in [0.2, 0.25) is 0 Å². The highest BCUT2D eigenvalue weighted by molar-refractivity contribution is 5.85. The van der Waals surface area contributed by atoms with Crippen molar-refractivity contribution >= 4 is 5.71 Å². The molecule has 1 aliphatic rings. The lowest BCUT2D eigenvalue weighted by molar-refractivity contribution is 0.539. The van der Waals surface area contributed by atoms with Crippen LogP contribution in [-0.4, -0.2) is 11.8 Å². The molecular weight excluding hydrogens is 266 g/mol. The summed E-state index contributed by atoms with van der Waals surface area (Å²) in [4.78, 5) is 4.79. The van der Waals surface area contributed by atoms with E-state index in [9.17, 15) is 0 Å². The minimum absolute atomic E-state index is 0.603. The number of rotatable bonds is 14. The Labute approximate surface area is 140 Å². The average Bonchev–Trinajstić information content (AvgIpc) is 2.52. The van der Waals surface area contributed by atoms with E-state index in [0.717, 1.165) is 0 Å². The molecule has 0 saturated heterocycles. The second-order valence-electron chi connectivity index (χ2n) is 7.43. The number of nitrogens with zero attached hydrogens (tertiary/aromatic N) is 1. The predicted molar refractivity (Wildman–Crippen MR) is 101 cm³/mol. The number of unbranched alkanes of at least 4 members (excludes halogenated alkanes) is 12. The van der Waals surface area contributed by atoms with Crippen LogP contribution >= 0.6 is 0 Å². The maximum absolute atomic E-state index is 4.79. The Balaban J connectivity index is 1.76. The van der Waals surface area contributed by atoms with Crippen molar-refractivity contribution in [1.29, 1.82) is 0 Å². The highest BCUT2D eigenvalue weighted by Gasteiger charge is 2.09. The Kier molecular flexibility index (Phi) is 12.8. The lowest BCUT2D eigenvalue weighted by atomic mass is 9.99. The van der Waals surface area contributed by atoms with Crippen molar-refractivity contribution in [2.75, 3.05) is 0 Å². The molecule has 1 atom stereocenters. The number of hydrogen-bond donors (Lipinski definition) is 0. The van der Waals surface area contributed by atoms with Crippen LogP contribution in [0.3, 0.4) is 0 Å². The van der Waals surface area contributed by atoms with Crippen molar-refractivity contribution in [2.45, 2.75) is 129 Å². The largest absolute Gasteiger partial charge is 0.291 e. The van der Waals surface area contributed by atoms with E-state index < -0.39 is 0 Å². The summed E-state index contributed by atoms with van der Waals surface area (Å²) in [5.41, 5.74) is 1.52. The van der Waals surface area contributed by atoms with Gasteiger partial charge in [-0.3, -0.25) is 4.99 Å². The van der Waals surface area contributed by atoms with Crippen molar-refractivity contribution < 1.29 is 0 Å². The van der Waals surface area contributed by atoms with Gasteiger partial charge < -0.3 is 0 Å². The van der Waals surface area contributed by atoms with Crippen molar-refractivity contribution in [3.63, 3.8) is 0 Å². The topological polar surface area (TPSA) is 12.4 Å². The third-order valence-corrected chi connectivity index (χ3v) is 5.06. The van der Waals surface area contributed by atoms with Crippen LogP contribution in [-0.2, 0) is 0 Å². The fourth-order valence-electron chi connectivity index (χ4n) is 3.58. The zero-order chi connectivity index (χ0) is 15.9. The highest BCUT2D eigenvalue weighted by Crippen LogP contribution is 2.17. The average molecular weight is 308 g/mol. The first kappa shape index (κ1) is 19.7. The fraction of sp³-hybridized carbons (Fsp3) is 0.952. The summed E-state index contributed by atoms with van der Waals surface area (Å²) in [6, 6.07) is 0.603. The Morgan fingerprint density at radius 2 is 1.27 bits per heavy atom. The fourth-order valence-corrected chi connectivity index (χ4v) is 3.58. The van der Waals surface area contributed by atoms with E-state index in [2.05, 4.69) is 13.8 Å². The molecule has 130 valence electrons. The molecule has 0 amide bonds. The Morgan fingerprint density at radius 3 is 1.77 bits per heavy atom. The molecule has 0 aromatic carbocycles. The van der Waals surface area contributed by atoms with Crippen LogP contribution in [0.4, 0.5) is 0 Å². The molecule has 0 aromatic heterocycles. The summed E-state index contributed by atoms with van der Waals surface area (Å²) in [5.74, 6) is 0. The molecule has 22 heavy (non-hydrogen) atoms. The lowest BCUT2D eigenvalue weighted by Crippen LogP contribution is -2.12. The first-order valence-corrected chi connectivity index (χ1v) is 10.4. The van der Waals surface area contributed by atoms with Crippen LogP contribution in [0.5, 0.6) is 0 Å². The van der Waals surface area contributed by atoms with Gasteiger partial charge in [0.1, 0.15) is 0 Å². The van der Waals surface area contributed by atoms with Crippen molar-refractivity contribution in [3.8, 4) is 0 Å². The van der Waals surface area contributed by atoms with Gasteiger partial charge in [-0.05, 0) is 39.0 Å². The molecule has 0 bridgehead atoms. The lowest BCUT2D eigenvalue weighted by Gasteiger charge is -2.16. The molecule has 1 aliphatic heterocycles. The molecule has 0 aliphatic carbocycles. The molecule has 1 heterocycles. The Morgan fingerprint density at radius 1 is 0.773 bits per heavy atom. The van der Waals surface area contributed by atoms with Gasteiger partial charge in [0, 0.05) is 11.8 Å². The van der Waals surface area contributed by atoms with E-state index in [1.165, 1.54) is 115 Å². The second-order valence-corrected chi connectivity index (χ2v) is 7.43. The number of aliphatic imine (C=N–C) groups is 1. The second kappa shape index (κ2) is 14.3. The van der Waals surface area contributed by atoms with Gasteiger partial charge in [0.05, 0.1) is 0 Å². The summed E-state index contributed by atoms with van der Waals surface area (Å²) in [6.07, 6.45) is 24.0. The van der Waals surface area contributed by atoms with E-state index in [1.807, 2.05) is 0 Å². The molecular formula is C21H41N. The summed E-state index contributed by atoms with van der Waals surface area (Å²) in [5, 5.41) is 0. The molecule has 1 unspecified atom stereocenters. The van der Waals surface area contributed by atoms with Crippen molar-refractivity contribution in [1.82, 2.24) is 0 Å². The van der Waals surface area contributed by atoms with Crippen LogP contribution in [0.1, 0.15) is 123 Å². The summed E-state index contributed by atoms with van der Waals surface area (Å²) in [7, 11) is 0. The van der Waals surface area contributed by atoms with Crippen molar-refractivity contribution in [2.24, 2.45) is 4.99 Å². The Bertz CT molecular complexity index is 269. The van der Waals surface area contributed by atoms with Gasteiger partial charge in [-0.2, -0.15) is 0 Å². The molecule has 1 nitrogen and oxygen atoms in total. The van der Waals surface area contributed by atoms with Gasteiger partial charge >= 0.3 is 0 Å². The van der Waals surface area contributed by atoms with E-state index in [0.29, 0.717) is 6.04 Å². The number of hydrogen-bond acceptors (Lipinski definition) is 1. The van der Waals surface area contributed by atoms with Gasteiger partial charge in [0.15, 0.2) is 0 Å². The van der Waals surface area contributed by atoms with Gasteiger partial charge in [0.25, 0.3) is 0 Å². The zero-order valence-electron chi connectivity index (χ0n) is 15.5. The van der Waals surface area contributed by atoms with Gasteiger partial charge in [-0.1, -0.05) is 84.0 Å². The summed E-state index contributed by atoms with van der Waals surface area (Å²) >= 11 is 0. The third-order valence-electron chi connectivity index (χ3n) is 5.06. The van der Waals surface area contributed by atoms with Crippen LogP contribution < -0.4 is 0 Å². The van der Waals surface area contributed by atoms with Gasteiger partial charge in [-0.25, -0.2) is 0 Å². The third kappa shape index (κ3) is 11.3. The summed E-state index contributed by atoms with van der Waals surface area (Å²) in [6.45, 7) is 4.56. The maximum atomic E-state index is 4.79. The molecule has 0 N–H and O–H groups in total. The first-order chi connectivity index (χ1) is 10.8. The van der Waals surface area contributed by atoms with E-state index in [4.69, 9.17) is 4.99 Å². The predicted octanol–water partition coefficient (Wildman–Crippen LogP) is 7.48. The van der Waals surface area contributed by atoms with Gasteiger partial charge in [-0.15, -0.1) is 0 Å². The van der Waals surface area contributed by atoms with Gasteiger partial charge in [0.2, 0.25) is 0 Å². The highest BCUT2D eigenvalue weighted by atomic mass is 14.8. The molecule has 0 aromatic rings. The monoisotopic (exact) mass is 307 g/mol. The first-order valence-electron chi connectivity index (χ1n) is 10.4. The zero-order valence-corrected chi connectivity index (χ0v) is 15.5. The normalized spacial score (nSPS) is 18.5. The SMILES string of the molecule is CCCCCCCCCCCCCCCC1=NC(C)CCC1. The molecule has 1 heteroatoms. The van der Waals surface area contributed by atoms with E-state index in [1.54, 1.807) is 0 Å². The molecule has 0 spiro atoms. The smallest absolute Gasteiger partial charge is 0.0470 e. The molecule has 0 radical (unpaired) electrons. The quantitative estimate of drug-likeness (QED) is 0.295.